The number of hydrogen-bond donors (Lipinski definition) is 2. The van der Waals surface area contributed by atoms with E-state index in [1.54, 1.807) is 53.4 Å². The number of aromatic amines is 1. The molecule has 11 nitrogen and oxygen atoms in total. The number of nitrogens with zero attached hydrogens (tertiary/aromatic N) is 7. The van der Waals surface area contributed by atoms with E-state index in [2.05, 4.69) is 25.5 Å². The molecule has 0 fully saturated rings. The molecule has 0 saturated carbocycles. The summed E-state index contributed by atoms with van der Waals surface area (Å²) in [6.45, 7) is 1.98. The molecular weight excluding hydrogens is 508 g/mol. The molecule has 2 aromatic carbocycles. The van der Waals surface area contributed by atoms with Crippen LogP contribution in [0.2, 0.25) is 5.02 Å². The van der Waals surface area contributed by atoms with Gasteiger partial charge in [0, 0.05) is 35.6 Å². The highest BCUT2D eigenvalue weighted by Crippen LogP contribution is 2.30. The number of halogens is 1. The van der Waals surface area contributed by atoms with Gasteiger partial charge in [-0.2, -0.15) is 4.68 Å². The van der Waals surface area contributed by atoms with Crippen LogP contribution in [0.3, 0.4) is 0 Å². The number of anilines is 1. The molecule has 3 heterocycles. The van der Waals surface area contributed by atoms with E-state index in [4.69, 9.17) is 16.7 Å². The van der Waals surface area contributed by atoms with Crippen LogP contribution in [-0.4, -0.2) is 53.0 Å². The van der Waals surface area contributed by atoms with E-state index in [0.29, 0.717) is 34.2 Å². The minimum absolute atomic E-state index is 0.198. The van der Waals surface area contributed by atoms with Crippen LogP contribution < -0.4 is 10.5 Å². The molecule has 5 aromatic rings. The predicted molar refractivity (Wildman–Crippen MR) is 143 cm³/mol. The number of hydrogen-bond acceptors (Lipinski definition) is 6. The Morgan fingerprint density at radius 1 is 1.13 bits per heavy atom. The Morgan fingerprint density at radius 2 is 1.92 bits per heavy atom. The van der Waals surface area contributed by atoms with E-state index < -0.39 is 6.09 Å². The molecule has 0 radical (unpaired) electrons. The van der Waals surface area contributed by atoms with Crippen LogP contribution in [0.25, 0.3) is 28.1 Å². The van der Waals surface area contributed by atoms with Gasteiger partial charge < -0.3 is 14.7 Å². The molecule has 192 valence electrons. The Bertz CT molecular complexity index is 1640. The maximum Gasteiger partial charge on any atom is 0.411 e. The van der Waals surface area contributed by atoms with Crippen molar-refractivity contribution in [3.05, 3.63) is 94.5 Å². The highest BCUT2D eigenvalue weighted by Gasteiger charge is 2.19. The Kier molecular flexibility index (Phi) is 6.75. The quantitative estimate of drug-likeness (QED) is 0.312. The van der Waals surface area contributed by atoms with Gasteiger partial charge in [0.05, 0.1) is 23.6 Å². The standard InChI is InChI=1S/C26H23ClN8O3/c1-3-22(25-28-14-21(30-25)16-4-7-19(8-5-16)33(2)26(37)38)34-11-10-17(12-24(34)36)20-13-18(27)6-9-23(20)35-15-29-31-32-35/h4-15,22H,3H2,1-2H3,(H,28,30)(H,37,38). The summed E-state index contributed by atoms with van der Waals surface area (Å²) in [5.74, 6) is 0.640. The summed E-state index contributed by atoms with van der Waals surface area (Å²) < 4.78 is 3.15. The number of amides is 1. The number of H-pyrrole nitrogens is 1. The summed E-state index contributed by atoms with van der Waals surface area (Å²) in [5, 5.41) is 21.0. The van der Waals surface area contributed by atoms with Gasteiger partial charge in [-0.3, -0.25) is 9.69 Å². The minimum Gasteiger partial charge on any atom is -0.465 e. The average Bonchev–Trinajstić information content (AvgIpc) is 3.63. The van der Waals surface area contributed by atoms with Crippen molar-refractivity contribution in [2.24, 2.45) is 0 Å². The summed E-state index contributed by atoms with van der Waals surface area (Å²) in [4.78, 5) is 33.5. The number of carbonyl (C=O) groups is 1. The molecule has 1 unspecified atom stereocenters. The summed E-state index contributed by atoms with van der Waals surface area (Å²) >= 11 is 6.26. The highest BCUT2D eigenvalue weighted by molar-refractivity contribution is 6.31. The fraction of sp³-hybridized carbons (Fsp3) is 0.154. The van der Waals surface area contributed by atoms with Crippen molar-refractivity contribution < 1.29 is 9.90 Å². The fourth-order valence-electron chi connectivity index (χ4n) is 4.28. The normalized spacial score (nSPS) is 11.9. The maximum absolute atomic E-state index is 13.3. The van der Waals surface area contributed by atoms with Crippen LogP contribution >= 0.6 is 11.6 Å². The lowest BCUT2D eigenvalue weighted by Gasteiger charge is -2.17. The molecule has 0 saturated heterocycles. The van der Waals surface area contributed by atoms with Crippen molar-refractivity contribution in [2.45, 2.75) is 19.4 Å². The topological polar surface area (TPSA) is 135 Å². The van der Waals surface area contributed by atoms with Crippen LogP contribution in [0.5, 0.6) is 0 Å². The summed E-state index contributed by atoms with van der Waals surface area (Å²) in [7, 11) is 1.49. The van der Waals surface area contributed by atoms with E-state index >= 15 is 0 Å². The van der Waals surface area contributed by atoms with Crippen LogP contribution in [0.4, 0.5) is 10.5 Å². The average molecular weight is 531 g/mol. The number of pyridine rings is 1. The number of aromatic nitrogens is 7. The lowest BCUT2D eigenvalue weighted by Crippen LogP contribution is -2.25. The first-order valence-corrected chi connectivity index (χ1v) is 12.1. The third-order valence-corrected chi connectivity index (χ3v) is 6.53. The molecule has 38 heavy (non-hydrogen) atoms. The van der Waals surface area contributed by atoms with Gasteiger partial charge in [-0.15, -0.1) is 5.10 Å². The zero-order valence-corrected chi connectivity index (χ0v) is 21.2. The Labute approximate surface area is 222 Å². The van der Waals surface area contributed by atoms with E-state index in [1.807, 2.05) is 25.1 Å². The van der Waals surface area contributed by atoms with Crippen molar-refractivity contribution in [2.75, 3.05) is 11.9 Å². The lowest BCUT2D eigenvalue weighted by atomic mass is 10.0. The van der Waals surface area contributed by atoms with E-state index in [1.165, 1.54) is 18.1 Å². The van der Waals surface area contributed by atoms with Gasteiger partial charge in [0.25, 0.3) is 5.56 Å². The molecule has 5 rings (SSSR count). The Balaban J connectivity index is 1.45. The number of tetrazole rings is 1. The molecule has 1 amide bonds. The minimum atomic E-state index is -1.04. The van der Waals surface area contributed by atoms with Gasteiger partial charge in [-0.05, 0) is 64.4 Å². The van der Waals surface area contributed by atoms with Crippen LogP contribution in [0.15, 0.2) is 78.1 Å². The van der Waals surface area contributed by atoms with Gasteiger partial charge in [0.15, 0.2) is 0 Å². The van der Waals surface area contributed by atoms with Gasteiger partial charge in [-0.1, -0.05) is 30.7 Å². The van der Waals surface area contributed by atoms with Crippen molar-refractivity contribution >= 4 is 23.4 Å². The number of rotatable bonds is 7. The van der Waals surface area contributed by atoms with Gasteiger partial charge >= 0.3 is 6.09 Å². The monoisotopic (exact) mass is 530 g/mol. The van der Waals surface area contributed by atoms with Gasteiger partial charge in [-0.25, -0.2) is 9.78 Å². The molecule has 1 atom stereocenters. The first kappa shape index (κ1) is 24.9. The molecule has 0 aliphatic heterocycles. The highest BCUT2D eigenvalue weighted by atomic mass is 35.5. The predicted octanol–water partition coefficient (Wildman–Crippen LogP) is 4.65. The zero-order valence-electron chi connectivity index (χ0n) is 20.5. The first-order chi connectivity index (χ1) is 18.4. The van der Waals surface area contributed by atoms with E-state index in [-0.39, 0.29) is 11.6 Å². The summed E-state index contributed by atoms with van der Waals surface area (Å²) in [6, 6.07) is 15.5. The molecule has 2 N–H and O–H groups in total. The molecule has 12 heteroatoms. The second kappa shape index (κ2) is 10.3. The third kappa shape index (κ3) is 4.78. The van der Waals surface area contributed by atoms with Crippen LogP contribution in [0.1, 0.15) is 25.2 Å². The smallest absolute Gasteiger partial charge is 0.411 e. The SMILES string of the molecule is CCC(c1ncc(-c2ccc(N(C)C(=O)O)cc2)[nH]1)n1ccc(-c2cc(Cl)ccc2-n2cnnn2)cc1=O. The zero-order chi connectivity index (χ0) is 26.8. The third-order valence-electron chi connectivity index (χ3n) is 6.30. The van der Waals surface area contributed by atoms with E-state index in [9.17, 15) is 9.59 Å². The van der Waals surface area contributed by atoms with Crippen molar-refractivity contribution in [1.82, 2.24) is 34.7 Å². The van der Waals surface area contributed by atoms with Crippen LogP contribution in [0, 0.1) is 0 Å². The molecule has 0 aliphatic rings. The molecular formula is C26H23ClN8O3. The maximum atomic E-state index is 13.3. The Morgan fingerprint density at radius 3 is 2.58 bits per heavy atom. The van der Waals surface area contributed by atoms with Crippen molar-refractivity contribution in [3.8, 4) is 28.1 Å². The number of nitrogens with one attached hydrogen (secondary N) is 1. The molecule has 0 aliphatic carbocycles. The second-order valence-electron chi connectivity index (χ2n) is 8.57. The first-order valence-electron chi connectivity index (χ1n) is 11.7. The van der Waals surface area contributed by atoms with E-state index in [0.717, 1.165) is 21.7 Å². The molecule has 3 aromatic heterocycles. The molecule has 0 bridgehead atoms. The number of imidazole rings is 1. The van der Waals surface area contributed by atoms with Gasteiger partial charge in [0.2, 0.25) is 0 Å². The van der Waals surface area contributed by atoms with Crippen molar-refractivity contribution in [3.63, 3.8) is 0 Å². The number of benzene rings is 2. The second-order valence-corrected chi connectivity index (χ2v) is 9.01. The number of carboxylic acid groups (broad SMARTS) is 1. The molecule has 0 spiro atoms. The largest absolute Gasteiger partial charge is 0.465 e. The summed E-state index contributed by atoms with van der Waals surface area (Å²) in [6.07, 6.45) is 4.52. The summed E-state index contributed by atoms with van der Waals surface area (Å²) in [5.41, 5.74) is 4.07. The van der Waals surface area contributed by atoms with Gasteiger partial charge in [0.1, 0.15) is 12.2 Å². The fourth-order valence-corrected chi connectivity index (χ4v) is 4.45. The van der Waals surface area contributed by atoms with Crippen molar-refractivity contribution in [1.29, 1.82) is 0 Å². The lowest BCUT2D eigenvalue weighted by molar-refractivity contribution is 0.203. The van der Waals surface area contributed by atoms with Crippen LogP contribution in [-0.2, 0) is 0 Å². The Hall–Kier alpha value is -4.77.